The average Bonchev–Trinajstić information content (AvgIpc) is 3.56. The molecule has 0 aliphatic rings. The molecule has 6 heteroatoms. The van der Waals surface area contributed by atoms with Gasteiger partial charge >= 0.3 is 152 Å². The molecule has 8 aromatic rings. The maximum atomic E-state index is 13.3. The summed E-state index contributed by atoms with van der Waals surface area (Å²) in [4.78, 5) is 9.24. The fourth-order valence-electron chi connectivity index (χ4n) is 6.68. The standard InChI is InChI=1S/C26H19FNO.C22H24GeN.Ir/c1-16(2)18-12-13-28-24(14-18)23-5-3-4-22-21-11-8-19(15-25(21)29-26(22)23)17-6-9-20(27)10-7-17;1-16-11-12-19(14-20(16)18-9-7-6-8-10-18)22-13-17(2)21(15-24-22)23(3,4)5;/h3-4,6-16H,1-2H3;6-11,13-15H,1-5H3;/q2*-1;/i;1D3;. The minimum Gasteiger partial charge on any atom is 0 e. The zero-order valence-corrected chi connectivity index (χ0v) is 35.7. The number of pyridine rings is 2. The van der Waals surface area contributed by atoms with Crippen molar-refractivity contribution in [2.45, 2.75) is 50.8 Å². The molecular weight excluding hydrogens is 904 g/mol. The van der Waals surface area contributed by atoms with Crippen LogP contribution < -0.4 is 4.40 Å². The largest absolute Gasteiger partial charge is 0 e. The van der Waals surface area contributed by atoms with E-state index in [4.69, 9.17) is 8.53 Å². The number of rotatable bonds is 6. The summed E-state index contributed by atoms with van der Waals surface area (Å²) in [6, 6.07) is 42.4. The van der Waals surface area contributed by atoms with E-state index in [-0.39, 0.29) is 25.9 Å². The van der Waals surface area contributed by atoms with Crippen LogP contribution in [0, 0.1) is 31.7 Å². The van der Waals surface area contributed by atoms with E-state index in [2.05, 4.69) is 78.3 Å². The number of hydrogen-bond donors (Lipinski definition) is 0. The van der Waals surface area contributed by atoms with Crippen LogP contribution in [0.25, 0.3) is 66.7 Å². The van der Waals surface area contributed by atoms with Gasteiger partial charge in [0.1, 0.15) is 11.4 Å². The van der Waals surface area contributed by atoms with Crippen molar-refractivity contribution in [3.63, 3.8) is 0 Å². The molecule has 0 amide bonds. The third-order valence-corrected chi connectivity index (χ3v) is 14.0. The zero-order valence-electron chi connectivity index (χ0n) is 34.2. The summed E-state index contributed by atoms with van der Waals surface area (Å²) in [6.45, 7) is 4.28. The fraction of sp³-hybridized carbons (Fsp3) is 0.167. The molecule has 3 heterocycles. The van der Waals surface area contributed by atoms with Gasteiger partial charge in [0.15, 0.2) is 0 Å². The smallest absolute Gasteiger partial charge is 0 e. The van der Waals surface area contributed by atoms with Crippen molar-refractivity contribution < 1.29 is 33.0 Å². The van der Waals surface area contributed by atoms with E-state index >= 15 is 0 Å². The quantitative estimate of drug-likeness (QED) is 0.123. The number of furan rings is 1. The Morgan fingerprint density at radius 2 is 1.52 bits per heavy atom. The van der Waals surface area contributed by atoms with Gasteiger partial charge in [0, 0.05) is 31.7 Å². The van der Waals surface area contributed by atoms with E-state index in [0.717, 1.165) is 61.1 Å². The molecule has 3 aromatic heterocycles. The van der Waals surface area contributed by atoms with Gasteiger partial charge in [-0.1, -0.05) is 60.7 Å². The number of aromatic nitrogens is 2. The second kappa shape index (κ2) is 16.4. The van der Waals surface area contributed by atoms with Crippen LogP contribution in [0.15, 0.2) is 132 Å². The first-order valence-corrected chi connectivity index (χ1v) is 25.2. The van der Waals surface area contributed by atoms with Crippen LogP contribution in [0.2, 0.25) is 17.3 Å². The molecule has 0 unspecified atom stereocenters. The number of fused-ring (bicyclic) bond motifs is 3. The van der Waals surface area contributed by atoms with Crippen molar-refractivity contribution in [3.05, 3.63) is 162 Å². The fourth-order valence-corrected chi connectivity index (χ4v) is 10.3. The Bertz CT molecular complexity index is 2670. The number of benzene rings is 5. The minimum atomic E-state index is -2.19. The van der Waals surface area contributed by atoms with Crippen molar-refractivity contribution in [1.29, 1.82) is 0 Å². The summed E-state index contributed by atoms with van der Waals surface area (Å²) in [7, 11) is 0. The molecule has 0 atom stereocenters. The van der Waals surface area contributed by atoms with Crippen LogP contribution in [0.3, 0.4) is 0 Å². The van der Waals surface area contributed by atoms with Gasteiger partial charge in [-0.05, 0) is 47.0 Å². The Labute approximate surface area is 338 Å². The molecule has 0 saturated heterocycles. The number of hydrogen-bond acceptors (Lipinski definition) is 3. The molecule has 3 nitrogen and oxygen atoms in total. The van der Waals surface area contributed by atoms with Crippen LogP contribution in [0.4, 0.5) is 4.39 Å². The third kappa shape index (κ3) is 8.34. The van der Waals surface area contributed by atoms with E-state index in [0.29, 0.717) is 17.0 Å². The van der Waals surface area contributed by atoms with Gasteiger partial charge in [0.05, 0.1) is 5.58 Å². The first kappa shape index (κ1) is 35.1. The van der Waals surface area contributed by atoms with Crippen LogP contribution in [-0.2, 0) is 20.1 Å². The molecule has 5 aromatic carbocycles. The molecule has 0 bridgehead atoms. The first-order chi connectivity index (χ1) is 26.7. The van der Waals surface area contributed by atoms with Crippen LogP contribution in [0.5, 0.6) is 0 Å². The van der Waals surface area contributed by atoms with Crippen LogP contribution >= 0.6 is 0 Å². The van der Waals surface area contributed by atoms with Gasteiger partial charge < -0.3 is 9.40 Å². The normalized spacial score (nSPS) is 12.4. The van der Waals surface area contributed by atoms with Gasteiger partial charge in [-0.25, -0.2) is 4.39 Å². The predicted octanol–water partition coefficient (Wildman–Crippen LogP) is 12.8. The summed E-state index contributed by atoms with van der Waals surface area (Å²) < 4.78 is 44.5. The van der Waals surface area contributed by atoms with Gasteiger partial charge in [-0.2, -0.15) is 0 Å². The Morgan fingerprint density at radius 1 is 0.759 bits per heavy atom. The van der Waals surface area contributed by atoms with E-state index in [1.54, 1.807) is 18.2 Å². The van der Waals surface area contributed by atoms with Crippen molar-refractivity contribution in [1.82, 2.24) is 9.97 Å². The predicted molar refractivity (Wildman–Crippen MR) is 222 cm³/mol. The van der Waals surface area contributed by atoms with Gasteiger partial charge in [-0.3, -0.25) is 0 Å². The molecule has 0 fully saturated rings. The Balaban J connectivity index is 0.000000190. The third-order valence-electron chi connectivity index (χ3n) is 9.55. The maximum absolute atomic E-state index is 13.3. The molecule has 8 rings (SSSR count). The number of halogens is 1. The van der Waals surface area contributed by atoms with Crippen molar-refractivity contribution in [3.8, 4) is 44.8 Å². The molecule has 0 aliphatic heterocycles. The van der Waals surface area contributed by atoms with E-state index in [9.17, 15) is 4.39 Å². The molecule has 273 valence electrons. The van der Waals surface area contributed by atoms with Crippen molar-refractivity contribution in [2.75, 3.05) is 0 Å². The van der Waals surface area contributed by atoms with Crippen LogP contribution in [0.1, 0.15) is 40.6 Å². The number of nitrogens with zero attached hydrogens (tertiary/aromatic N) is 2. The Kier molecular flexibility index (Phi) is 10.6. The summed E-state index contributed by atoms with van der Waals surface area (Å²) in [5.74, 6) is 7.25. The maximum Gasteiger partial charge on any atom is 0 e. The van der Waals surface area contributed by atoms with Crippen molar-refractivity contribution in [2.24, 2.45) is 0 Å². The molecule has 0 saturated carbocycles. The average molecular weight is 951 g/mol. The Hall–Kier alpha value is -4.68. The van der Waals surface area contributed by atoms with Gasteiger partial charge in [-0.15, -0.1) is 18.2 Å². The zero-order chi connectivity index (χ0) is 39.8. The van der Waals surface area contributed by atoms with Crippen LogP contribution in [-0.4, -0.2) is 23.2 Å². The molecule has 1 radical (unpaired) electrons. The topological polar surface area (TPSA) is 38.9 Å². The monoisotopic (exact) mass is 952 g/mol. The van der Waals surface area contributed by atoms with Gasteiger partial charge in [0.25, 0.3) is 0 Å². The van der Waals surface area contributed by atoms with E-state index < -0.39 is 20.1 Å². The molecule has 0 aliphatic carbocycles. The molecule has 0 spiro atoms. The summed E-state index contributed by atoms with van der Waals surface area (Å²) in [6.07, 6.45) is 3.84. The molecule has 54 heavy (non-hydrogen) atoms. The number of aryl methyl sites for hydroxylation is 2. The summed E-state index contributed by atoms with van der Waals surface area (Å²) in [5.41, 5.74) is 11.3. The van der Waals surface area contributed by atoms with Crippen molar-refractivity contribution >= 4 is 39.6 Å². The first-order valence-electron chi connectivity index (χ1n) is 19.4. The molecule has 0 N–H and O–H groups in total. The van der Waals surface area contributed by atoms with Gasteiger partial charge in [0.2, 0.25) is 0 Å². The van der Waals surface area contributed by atoms with E-state index in [1.807, 2.05) is 79.1 Å². The second-order valence-corrected chi connectivity index (χ2v) is 25.3. The summed E-state index contributed by atoms with van der Waals surface area (Å²) >= 11 is -1.96. The Morgan fingerprint density at radius 3 is 2.22 bits per heavy atom. The second-order valence-electron chi connectivity index (χ2n) is 14.7. The minimum absolute atomic E-state index is 0. The van der Waals surface area contributed by atoms with E-state index in [1.165, 1.54) is 27.7 Å². The summed E-state index contributed by atoms with van der Waals surface area (Å²) in [5, 5.41) is 2.08. The molecular formula is C48H43FGeIrN2O-2. The SMILES string of the molecule is CC(C)c1ccnc(-c2[c-]ccc3c2oc2cc(-c4ccc(F)cc4)ccc23)c1.[2H]C([2H])([2H])c1c[c-]c(-c2cc(C)[c]([Ge]([CH3])([CH3])[CH3])cn2)cc1-c1ccccc1.[Ir].